The van der Waals surface area contributed by atoms with Crippen LogP contribution in [0.2, 0.25) is 0 Å². The van der Waals surface area contributed by atoms with E-state index < -0.39 is 0 Å². The van der Waals surface area contributed by atoms with Gasteiger partial charge in [-0.25, -0.2) is 0 Å². The lowest BCUT2D eigenvalue weighted by Crippen LogP contribution is -2.25. The minimum Gasteiger partial charge on any atom is -0.385 e. The van der Waals surface area contributed by atoms with Crippen LogP contribution < -0.4 is 10.6 Å². The van der Waals surface area contributed by atoms with E-state index in [4.69, 9.17) is 4.74 Å². The summed E-state index contributed by atoms with van der Waals surface area (Å²) in [5, 5.41) is 14.4. The van der Waals surface area contributed by atoms with E-state index >= 15 is 0 Å². The zero-order chi connectivity index (χ0) is 15.3. The van der Waals surface area contributed by atoms with E-state index in [1.54, 1.807) is 13.3 Å². The van der Waals surface area contributed by atoms with Crippen molar-refractivity contribution < 1.29 is 4.74 Å². The maximum absolute atomic E-state index is 5.16. The average molecular weight is 292 g/mol. The molecular formula is C14H24N6O. The Labute approximate surface area is 124 Å². The third-order valence-corrected chi connectivity index (χ3v) is 3.36. The number of anilines is 2. The van der Waals surface area contributed by atoms with Crippen molar-refractivity contribution in [3.63, 3.8) is 0 Å². The number of hydrogen-bond acceptors (Lipinski definition) is 6. The molecule has 0 fully saturated rings. The molecule has 2 rings (SSSR count). The van der Waals surface area contributed by atoms with Crippen LogP contribution in [0.1, 0.15) is 27.2 Å². The van der Waals surface area contributed by atoms with Crippen molar-refractivity contribution in [1.82, 2.24) is 20.2 Å². The summed E-state index contributed by atoms with van der Waals surface area (Å²) >= 11 is 0. The number of rotatable bonds is 8. The summed E-state index contributed by atoms with van der Waals surface area (Å²) < 4.78 is 5.16. The van der Waals surface area contributed by atoms with Gasteiger partial charge in [-0.2, -0.15) is 15.1 Å². The molecule has 0 bridgehead atoms. The summed E-state index contributed by atoms with van der Waals surface area (Å²) in [5.41, 5.74) is 0.855. The standard InChI is InChI=1S/C14H24N6O/c1-5-15-13-18-11(10-8-17-20-12(10)19-13)16-9-14(2,3)6-7-21-4/h8H,5-7,9H2,1-4H3,(H3,15,16,17,18,19,20). The van der Waals surface area contributed by atoms with Gasteiger partial charge in [0.2, 0.25) is 5.95 Å². The molecule has 2 heterocycles. The predicted octanol–water partition coefficient (Wildman–Crippen LogP) is 2.26. The van der Waals surface area contributed by atoms with Crippen molar-refractivity contribution in [3.8, 4) is 0 Å². The van der Waals surface area contributed by atoms with E-state index in [1.807, 2.05) is 6.92 Å². The molecule has 0 aliphatic carbocycles. The Kier molecular flexibility index (Phi) is 4.95. The molecule has 0 radical (unpaired) electrons. The molecule has 0 saturated carbocycles. The van der Waals surface area contributed by atoms with Crippen molar-refractivity contribution in [2.24, 2.45) is 5.41 Å². The molecule has 0 saturated heterocycles. The van der Waals surface area contributed by atoms with Crippen LogP contribution in [0, 0.1) is 5.41 Å². The van der Waals surface area contributed by atoms with Crippen LogP contribution in [0.4, 0.5) is 11.8 Å². The lowest BCUT2D eigenvalue weighted by Gasteiger charge is -2.25. The molecule has 2 aromatic rings. The number of aromatic nitrogens is 4. The number of nitrogens with zero attached hydrogens (tertiary/aromatic N) is 3. The maximum Gasteiger partial charge on any atom is 0.226 e. The molecule has 7 heteroatoms. The van der Waals surface area contributed by atoms with Gasteiger partial charge in [0.05, 0.1) is 11.6 Å². The highest BCUT2D eigenvalue weighted by Crippen LogP contribution is 2.24. The summed E-state index contributed by atoms with van der Waals surface area (Å²) in [6.45, 7) is 8.76. The maximum atomic E-state index is 5.16. The first-order valence-corrected chi connectivity index (χ1v) is 7.23. The van der Waals surface area contributed by atoms with Crippen LogP contribution in [-0.2, 0) is 4.74 Å². The van der Waals surface area contributed by atoms with Gasteiger partial charge in [-0.15, -0.1) is 0 Å². The second kappa shape index (κ2) is 6.71. The third kappa shape index (κ3) is 4.04. The van der Waals surface area contributed by atoms with E-state index in [0.29, 0.717) is 5.95 Å². The largest absolute Gasteiger partial charge is 0.385 e. The summed E-state index contributed by atoms with van der Waals surface area (Å²) in [5.74, 6) is 1.40. The molecule has 0 aliphatic heterocycles. The molecule has 0 atom stereocenters. The van der Waals surface area contributed by atoms with E-state index in [-0.39, 0.29) is 5.41 Å². The second-order valence-electron chi connectivity index (χ2n) is 5.82. The van der Waals surface area contributed by atoms with Crippen molar-refractivity contribution in [3.05, 3.63) is 6.20 Å². The fourth-order valence-electron chi connectivity index (χ4n) is 2.00. The Morgan fingerprint density at radius 1 is 1.29 bits per heavy atom. The van der Waals surface area contributed by atoms with Crippen molar-refractivity contribution in [1.29, 1.82) is 0 Å². The molecule has 7 nitrogen and oxygen atoms in total. The number of methoxy groups -OCH3 is 1. The third-order valence-electron chi connectivity index (χ3n) is 3.36. The number of fused-ring (bicyclic) bond motifs is 1. The summed E-state index contributed by atoms with van der Waals surface area (Å²) in [6, 6.07) is 0. The molecule has 0 amide bonds. The summed E-state index contributed by atoms with van der Waals surface area (Å²) in [4.78, 5) is 8.90. The van der Waals surface area contributed by atoms with Gasteiger partial charge in [0.1, 0.15) is 5.82 Å². The second-order valence-corrected chi connectivity index (χ2v) is 5.82. The molecule has 0 aliphatic rings. The van der Waals surface area contributed by atoms with Crippen LogP contribution in [-0.4, -0.2) is 47.0 Å². The molecule has 116 valence electrons. The highest BCUT2D eigenvalue weighted by atomic mass is 16.5. The van der Waals surface area contributed by atoms with Gasteiger partial charge in [0, 0.05) is 26.8 Å². The van der Waals surface area contributed by atoms with Crippen LogP contribution in [0.3, 0.4) is 0 Å². The number of ether oxygens (including phenoxy) is 1. The number of H-pyrrole nitrogens is 1. The summed E-state index contributed by atoms with van der Waals surface area (Å²) in [7, 11) is 1.73. The van der Waals surface area contributed by atoms with Crippen molar-refractivity contribution >= 4 is 22.8 Å². The summed E-state index contributed by atoms with van der Waals surface area (Å²) in [6.07, 6.45) is 2.73. The normalized spacial score (nSPS) is 11.8. The zero-order valence-electron chi connectivity index (χ0n) is 13.2. The fraction of sp³-hybridized carbons (Fsp3) is 0.643. The highest BCUT2D eigenvalue weighted by molar-refractivity contribution is 5.86. The molecule has 0 aromatic carbocycles. The Morgan fingerprint density at radius 2 is 2.10 bits per heavy atom. The quantitative estimate of drug-likeness (QED) is 0.691. The monoisotopic (exact) mass is 292 g/mol. The van der Waals surface area contributed by atoms with E-state index in [0.717, 1.165) is 43.0 Å². The molecule has 3 N–H and O–H groups in total. The first-order valence-electron chi connectivity index (χ1n) is 7.23. The first-order chi connectivity index (χ1) is 10.1. The lowest BCUT2D eigenvalue weighted by atomic mass is 9.90. The van der Waals surface area contributed by atoms with Gasteiger partial charge in [0.15, 0.2) is 5.65 Å². The van der Waals surface area contributed by atoms with Crippen LogP contribution in [0.25, 0.3) is 11.0 Å². The predicted molar refractivity (Wildman–Crippen MR) is 84.6 cm³/mol. The van der Waals surface area contributed by atoms with E-state index in [1.165, 1.54) is 0 Å². The average Bonchev–Trinajstić information content (AvgIpc) is 2.91. The fourth-order valence-corrected chi connectivity index (χ4v) is 2.00. The Bertz CT molecular complexity index is 580. The molecular weight excluding hydrogens is 268 g/mol. The molecule has 0 unspecified atom stereocenters. The van der Waals surface area contributed by atoms with Crippen LogP contribution >= 0.6 is 0 Å². The zero-order valence-corrected chi connectivity index (χ0v) is 13.2. The van der Waals surface area contributed by atoms with Crippen molar-refractivity contribution in [2.75, 3.05) is 37.4 Å². The molecule has 2 aromatic heterocycles. The van der Waals surface area contributed by atoms with Gasteiger partial charge < -0.3 is 15.4 Å². The highest BCUT2D eigenvalue weighted by Gasteiger charge is 2.18. The van der Waals surface area contributed by atoms with Crippen molar-refractivity contribution in [2.45, 2.75) is 27.2 Å². The number of nitrogens with one attached hydrogen (secondary N) is 3. The number of aromatic amines is 1. The molecule has 21 heavy (non-hydrogen) atoms. The van der Waals surface area contributed by atoms with Crippen LogP contribution in [0.15, 0.2) is 6.20 Å². The van der Waals surface area contributed by atoms with E-state index in [2.05, 4.69) is 44.6 Å². The minimum absolute atomic E-state index is 0.120. The van der Waals surface area contributed by atoms with Gasteiger partial charge in [-0.3, -0.25) is 5.10 Å². The smallest absolute Gasteiger partial charge is 0.226 e. The molecule has 0 spiro atoms. The van der Waals surface area contributed by atoms with Gasteiger partial charge in [-0.1, -0.05) is 13.8 Å². The topological polar surface area (TPSA) is 87.8 Å². The SMILES string of the molecule is CCNc1nc(NCC(C)(C)CCOC)c2cn[nH]c2n1. The van der Waals surface area contributed by atoms with Crippen LogP contribution in [0.5, 0.6) is 0 Å². The van der Waals surface area contributed by atoms with Gasteiger partial charge in [0.25, 0.3) is 0 Å². The first kappa shape index (κ1) is 15.5. The minimum atomic E-state index is 0.120. The van der Waals surface area contributed by atoms with E-state index in [9.17, 15) is 0 Å². The Hall–Kier alpha value is -1.89. The van der Waals surface area contributed by atoms with Gasteiger partial charge in [-0.05, 0) is 18.8 Å². The van der Waals surface area contributed by atoms with Gasteiger partial charge >= 0.3 is 0 Å². The number of hydrogen-bond donors (Lipinski definition) is 3. The lowest BCUT2D eigenvalue weighted by molar-refractivity contribution is 0.157. The Morgan fingerprint density at radius 3 is 2.81 bits per heavy atom. The Balaban J connectivity index is 2.15.